The monoisotopic (exact) mass is 241 g/mol. The van der Waals surface area contributed by atoms with E-state index < -0.39 is 0 Å². The molecule has 2 aromatic heterocycles. The molecule has 1 saturated carbocycles. The first-order valence-electron chi connectivity index (χ1n) is 6.48. The fourth-order valence-electron chi connectivity index (χ4n) is 2.59. The van der Waals surface area contributed by atoms with E-state index in [0.717, 1.165) is 35.9 Å². The fourth-order valence-corrected chi connectivity index (χ4v) is 2.59. The molecule has 0 atom stereocenters. The number of aromatic nitrogens is 2. The first-order chi connectivity index (χ1) is 8.83. The van der Waals surface area contributed by atoms with Crippen LogP contribution in [-0.2, 0) is 13.1 Å². The molecular weight excluding hydrogens is 226 g/mol. The van der Waals surface area contributed by atoms with Gasteiger partial charge in [0, 0.05) is 24.6 Å². The number of hydrogen-bond acceptors (Lipinski definition) is 4. The maximum Gasteiger partial charge on any atom is 0.196 e. The van der Waals surface area contributed by atoms with Gasteiger partial charge in [0.2, 0.25) is 0 Å². The van der Waals surface area contributed by atoms with Crippen molar-refractivity contribution in [2.75, 3.05) is 0 Å². The van der Waals surface area contributed by atoms with Crippen molar-refractivity contribution >= 4 is 0 Å². The van der Waals surface area contributed by atoms with Crippen LogP contribution in [0.3, 0.4) is 0 Å². The van der Waals surface area contributed by atoms with Crippen molar-refractivity contribution < 1.29 is 4.42 Å². The van der Waals surface area contributed by atoms with Gasteiger partial charge in [0.25, 0.3) is 0 Å². The Morgan fingerprint density at radius 1 is 1.28 bits per heavy atom. The van der Waals surface area contributed by atoms with Gasteiger partial charge in [-0.2, -0.15) is 0 Å². The third-order valence-electron chi connectivity index (χ3n) is 3.75. The van der Waals surface area contributed by atoms with E-state index >= 15 is 0 Å². The summed E-state index contributed by atoms with van der Waals surface area (Å²) in [6.45, 7) is 3.80. The highest BCUT2D eigenvalue weighted by Gasteiger charge is 2.31. The molecule has 1 fully saturated rings. The third kappa shape index (κ3) is 1.49. The highest BCUT2D eigenvalue weighted by Crippen LogP contribution is 2.42. The molecule has 3 heterocycles. The lowest BCUT2D eigenvalue weighted by molar-refractivity contribution is 0.574. The molecule has 4 heteroatoms. The van der Waals surface area contributed by atoms with Crippen molar-refractivity contribution in [3.8, 4) is 11.6 Å². The first kappa shape index (κ1) is 10.3. The van der Waals surface area contributed by atoms with Crippen LogP contribution in [0.15, 0.2) is 16.7 Å². The van der Waals surface area contributed by atoms with Crippen LogP contribution < -0.4 is 5.32 Å². The van der Waals surface area contributed by atoms with E-state index in [0.29, 0.717) is 5.92 Å². The first-order valence-corrected chi connectivity index (χ1v) is 6.48. The average Bonchev–Trinajstić information content (AvgIpc) is 2.95. The van der Waals surface area contributed by atoms with Gasteiger partial charge in [-0.3, -0.25) is 0 Å². The molecule has 92 valence electrons. The minimum atomic E-state index is 0.649. The third-order valence-corrected chi connectivity index (χ3v) is 3.75. The highest BCUT2D eigenvalue weighted by molar-refractivity contribution is 5.54. The van der Waals surface area contributed by atoms with Crippen molar-refractivity contribution in [2.24, 2.45) is 0 Å². The van der Waals surface area contributed by atoms with Crippen molar-refractivity contribution in [3.63, 3.8) is 0 Å². The van der Waals surface area contributed by atoms with Crippen LogP contribution in [0.4, 0.5) is 0 Å². The van der Waals surface area contributed by atoms with Crippen molar-refractivity contribution in [1.82, 2.24) is 15.3 Å². The fraction of sp³-hybridized carbons (Fsp3) is 0.429. The number of rotatable bonds is 2. The van der Waals surface area contributed by atoms with E-state index in [4.69, 9.17) is 9.40 Å². The van der Waals surface area contributed by atoms with Crippen LogP contribution in [0, 0.1) is 6.92 Å². The molecule has 0 bridgehead atoms. The molecule has 1 N–H and O–H groups in total. The topological polar surface area (TPSA) is 51.0 Å². The summed E-state index contributed by atoms with van der Waals surface area (Å²) in [6, 6.07) is 1.96. The molecule has 0 aromatic carbocycles. The van der Waals surface area contributed by atoms with Gasteiger partial charge in [0.15, 0.2) is 11.6 Å². The SMILES string of the molecule is Cc1ccoc1-c1nc2c(c(C3CC3)n1)CNC2. The Bertz CT molecular complexity index is 613. The lowest BCUT2D eigenvalue weighted by atomic mass is 10.1. The summed E-state index contributed by atoms with van der Waals surface area (Å²) in [5, 5.41) is 3.36. The van der Waals surface area contributed by atoms with Gasteiger partial charge >= 0.3 is 0 Å². The molecule has 1 aliphatic carbocycles. The van der Waals surface area contributed by atoms with E-state index in [9.17, 15) is 0 Å². The molecule has 0 unspecified atom stereocenters. The molecule has 1 aliphatic heterocycles. The van der Waals surface area contributed by atoms with Crippen LogP contribution >= 0.6 is 0 Å². The second-order valence-electron chi connectivity index (χ2n) is 5.17. The number of hydrogen-bond donors (Lipinski definition) is 1. The van der Waals surface area contributed by atoms with Crippen LogP contribution in [0.1, 0.15) is 41.3 Å². The Balaban J connectivity index is 1.90. The Morgan fingerprint density at radius 3 is 2.89 bits per heavy atom. The maximum atomic E-state index is 5.52. The van der Waals surface area contributed by atoms with Gasteiger partial charge in [-0.25, -0.2) is 9.97 Å². The van der Waals surface area contributed by atoms with Gasteiger partial charge in [0.1, 0.15) is 0 Å². The molecule has 18 heavy (non-hydrogen) atoms. The van der Waals surface area contributed by atoms with Crippen molar-refractivity contribution in [2.45, 2.75) is 38.8 Å². The molecule has 2 aromatic rings. The van der Waals surface area contributed by atoms with Gasteiger partial charge in [-0.15, -0.1) is 0 Å². The minimum absolute atomic E-state index is 0.649. The van der Waals surface area contributed by atoms with E-state index in [2.05, 4.69) is 10.3 Å². The van der Waals surface area contributed by atoms with Gasteiger partial charge in [-0.05, 0) is 31.4 Å². The lowest BCUT2D eigenvalue weighted by Gasteiger charge is -2.07. The summed E-state index contributed by atoms with van der Waals surface area (Å²) in [6.07, 6.45) is 4.23. The van der Waals surface area contributed by atoms with Crippen LogP contribution in [0.25, 0.3) is 11.6 Å². The smallest absolute Gasteiger partial charge is 0.196 e. The number of nitrogens with zero attached hydrogens (tertiary/aromatic N) is 2. The quantitative estimate of drug-likeness (QED) is 0.877. The maximum absolute atomic E-state index is 5.52. The van der Waals surface area contributed by atoms with Gasteiger partial charge in [-0.1, -0.05) is 0 Å². The molecule has 0 saturated heterocycles. The Hall–Kier alpha value is -1.68. The summed E-state index contributed by atoms with van der Waals surface area (Å²) in [7, 11) is 0. The molecule has 0 amide bonds. The number of fused-ring (bicyclic) bond motifs is 1. The van der Waals surface area contributed by atoms with Crippen LogP contribution in [0.5, 0.6) is 0 Å². The van der Waals surface area contributed by atoms with Crippen molar-refractivity contribution in [3.05, 3.63) is 34.8 Å². The lowest BCUT2D eigenvalue weighted by Crippen LogP contribution is -2.02. The summed E-state index contributed by atoms with van der Waals surface area (Å²) in [5.74, 6) is 2.21. The Morgan fingerprint density at radius 2 is 2.17 bits per heavy atom. The molecule has 2 aliphatic rings. The van der Waals surface area contributed by atoms with Crippen LogP contribution in [0.2, 0.25) is 0 Å². The molecule has 4 rings (SSSR count). The van der Waals surface area contributed by atoms with Crippen LogP contribution in [-0.4, -0.2) is 9.97 Å². The zero-order chi connectivity index (χ0) is 12.1. The second-order valence-corrected chi connectivity index (χ2v) is 5.17. The zero-order valence-corrected chi connectivity index (χ0v) is 10.4. The average molecular weight is 241 g/mol. The zero-order valence-electron chi connectivity index (χ0n) is 10.4. The molecule has 0 spiro atoms. The minimum Gasteiger partial charge on any atom is -0.461 e. The Labute approximate surface area is 105 Å². The van der Waals surface area contributed by atoms with Gasteiger partial charge in [0.05, 0.1) is 17.7 Å². The second kappa shape index (κ2) is 3.65. The molecule has 4 nitrogen and oxygen atoms in total. The predicted molar refractivity (Wildman–Crippen MR) is 67.0 cm³/mol. The number of aryl methyl sites for hydroxylation is 1. The number of furan rings is 1. The Kier molecular flexibility index (Phi) is 2.08. The summed E-state index contributed by atoms with van der Waals surface area (Å²) >= 11 is 0. The largest absolute Gasteiger partial charge is 0.461 e. The number of nitrogens with one attached hydrogen (secondary N) is 1. The summed E-state index contributed by atoms with van der Waals surface area (Å²) in [4.78, 5) is 9.42. The van der Waals surface area contributed by atoms with E-state index in [1.54, 1.807) is 6.26 Å². The standard InChI is InChI=1S/C14H15N3O/c1-8-4-5-18-13(8)14-16-11-7-15-6-10(11)12(17-14)9-2-3-9/h4-5,9,15H,2-3,6-7H2,1H3. The highest BCUT2D eigenvalue weighted by atomic mass is 16.3. The predicted octanol–water partition coefficient (Wildman–Crippen LogP) is 2.53. The van der Waals surface area contributed by atoms with E-state index in [-0.39, 0.29) is 0 Å². The van der Waals surface area contributed by atoms with Crippen molar-refractivity contribution in [1.29, 1.82) is 0 Å². The van der Waals surface area contributed by atoms with Gasteiger partial charge < -0.3 is 9.73 Å². The van der Waals surface area contributed by atoms with E-state index in [1.807, 2.05) is 13.0 Å². The summed E-state index contributed by atoms with van der Waals surface area (Å²) < 4.78 is 5.52. The molecule has 0 radical (unpaired) electrons. The van der Waals surface area contributed by atoms with E-state index in [1.165, 1.54) is 24.1 Å². The normalized spacial score (nSPS) is 18.1. The molecular formula is C14H15N3O. The summed E-state index contributed by atoms with van der Waals surface area (Å²) in [5.41, 5.74) is 4.82.